The topological polar surface area (TPSA) is 155 Å². The fourth-order valence-electron chi connectivity index (χ4n) is 1.09. The molecule has 0 aromatic heterocycles. The molecule has 0 aliphatic rings. The van der Waals surface area contributed by atoms with Gasteiger partial charge in [-0.05, 0) is 0 Å². The van der Waals surface area contributed by atoms with Crippen molar-refractivity contribution in [1.82, 2.24) is 0 Å². The van der Waals surface area contributed by atoms with Crippen LogP contribution in [0.3, 0.4) is 0 Å². The van der Waals surface area contributed by atoms with E-state index in [-0.39, 0.29) is 0 Å². The van der Waals surface area contributed by atoms with Crippen LogP contribution in [0.4, 0.5) is 0 Å². The lowest BCUT2D eigenvalue weighted by Crippen LogP contribution is -2.46. The lowest BCUT2D eigenvalue weighted by Gasteiger charge is -2.24. The first-order chi connectivity index (χ1) is 7.48. The normalized spacial score (nSPS) is 12.1. The Labute approximate surface area is 95.7 Å². The van der Waals surface area contributed by atoms with Crippen LogP contribution in [0.25, 0.3) is 0 Å². The Balaban J connectivity index is 5.46. The van der Waals surface area contributed by atoms with Gasteiger partial charge in [-0.3, -0.25) is 13.8 Å². The molecule has 0 aliphatic carbocycles. The highest BCUT2D eigenvalue weighted by molar-refractivity contribution is 7.86. The summed E-state index contributed by atoms with van der Waals surface area (Å²) in [5.41, 5.74) is -2.84. The van der Waals surface area contributed by atoms with Gasteiger partial charge in [-0.15, -0.1) is 0 Å². The highest BCUT2D eigenvalue weighted by Crippen LogP contribution is 2.24. The Kier molecular flexibility index (Phi) is 4.60. The Morgan fingerprint density at radius 3 is 1.59 bits per heavy atom. The van der Waals surface area contributed by atoms with Crippen molar-refractivity contribution in [3.63, 3.8) is 0 Å². The molecule has 98 valence electrons. The Hall–Kier alpha value is -1.68. The average Bonchev–Trinajstić information content (AvgIpc) is 1.96. The van der Waals surface area contributed by atoms with Crippen LogP contribution in [-0.4, -0.2) is 53.5 Å². The molecule has 10 heteroatoms. The predicted molar refractivity (Wildman–Crippen MR) is 50.8 cm³/mol. The Bertz CT molecular complexity index is 418. The highest BCUT2D eigenvalue weighted by Gasteiger charge is 2.47. The van der Waals surface area contributed by atoms with Crippen molar-refractivity contribution in [3.8, 4) is 0 Å². The number of carbonyl (C=O) groups is 3. The van der Waals surface area contributed by atoms with Crippen LogP contribution in [-0.2, 0) is 28.7 Å². The molecular weight excluding hydrogens is 260 g/mol. The van der Waals surface area contributed by atoms with Crippen LogP contribution in [0, 0.1) is 0 Å². The van der Waals surface area contributed by atoms with Gasteiger partial charge in [0, 0.05) is 0 Å². The van der Waals surface area contributed by atoms with Gasteiger partial charge >= 0.3 is 17.9 Å². The monoisotopic (exact) mass is 270 g/mol. The second-order valence-corrected chi connectivity index (χ2v) is 4.80. The highest BCUT2D eigenvalue weighted by atomic mass is 32.2. The summed E-state index contributed by atoms with van der Waals surface area (Å²) in [6.07, 6.45) is -2.09. The minimum absolute atomic E-state index is 0.494. The molecule has 0 rings (SSSR count). The molecule has 0 aromatic carbocycles. The fourth-order valence-corrected chi connectivity index (χ4v) is 1.86. The van der Waals surface area contributed by atoms with Crippen LogP contribution in [0.15, 0.2) is 0 Å². The molecule has 0 saturated carbocycles. The van der Waals surface area contributed by atoms with Crippen LogP contribution < -0.4 is 0 Å². The van der Waals surface area contributed by atoms with Gasteiger partial charge in [0.2, 0.25) is 5.60 Å². The van der Waals surface area contributed by atoms with Crippen LogP contribution in [0.2, 0.25) is 0 Å². The van der Waals surface area contributed by atoms with E-state index in [0.717, 1.165) is 0 Å². The van der Waals surface area contributed by atoms with Crippen molar-refractivity contribution in [1.29, 1.82) is 0 Å². The van der Waals surface area contributed by atoms with E-state index in [1.165, 1.54) is 0 Å². The predicted octanol–water partition coefficient (Wildman–Crippen LogP) is -1.26. The van der Waals surface area contributed by atoms with Gasteiger partial charge in [-0.2, -0.15) is 8.42 Å². The van der Waals surface area contributed by atoms with Gasteiger partial charge in [0.1, 0.15) is 0 Å². The first-order valence-electron chi connectivity index (χ1n) is 4.06. The Morgan fingerprint density at radius 1 is 1.06 bits per heavy atom. The summed E-state index contributed by atoms with van der Waals surface area (Å²) in [6.45, 7) is 0. The van der Waals surface area contributed by atoms with Crippen molar-refractivity contribution in [2.75, 3.05) is 6.26 Å². The van der Waals surface area contributed by atoms with Crippen LogP contribution in [0.1, 0.15) is 12.8 Å². The molecule has 0 radical (unpaired) electrons. The van der Waals surface area contributed by atoms with Gasteiger partial charge in [-0.25, -0.2) is 4.79 Å². The third kappa shape index (κ3) is 5.26. The molecule has 0 saturated heterocycles. The molecule has 0 bridgehead atoms. The SMILES string of the molecule is CS(=O)(=O)OC(CC(=O)O)(CC(=O)O)C(=O)O. The van der Waals surface area contributed by atoms with Gasteiger partial charge in [0.25, 0.3) is 10.1 Å². The molecule has 0 fully saturated rings. The van der Waals surface area contributed by atoms with E-state index >= 15 is 0 Å². The van der Waals surface area contributed by atoms with Crippen molar-refractivity contribution in [3.05, 3.63) is 0 Å². The molecule has 0 spiro atoms. The summed E-state index contributed by atoms with van der Waals surface area (Å²) in [5, 5.41) is 25.7. The largest absolute Gasteiger partial charge is 0.481 e. The standard InChI is InChI=1S/C7H10O9S/c1-17(14,15)16-7(6(12)13,2-4(8)9)3-5(10)11/h2-3H2,1H3,(H,8,9)(H,10,11)(H,12,13). The molecule has 0 unspecified atom stereocenters. The van der Waals surface area contributed by atoms with Crippen molar-refractivity contribution < 1.29 is 42.3 Å². The first-order valence-corrected chi connectivity index (χ1v) is 5.88. The molecule has 3 N–H and O–H groups in total. The molecule has 0 atom stereocenters. The van der Waals surface area contributed by atoms with Crippen molar-refractivity contribution in [2.45, 2.75) is 18.4 Å². The minimum atomic E-state index is -4.33. The summed E-state index contributed by atoms with van der Waals surface area (Å²) in [4.78, 5) is 31.8. The van der Waals surface area contributed by atoms with Gasteiger partial charge in [0.15, 0.2) is 0 Å². The van der Waals surface area contributed by atoms with E-state index in [4.69, 9.17) is 15.3 Å². The molecule has 0 amide bonds. The van der Waals surface area contributed by atoms with Gasteiger partial charge in [0.05, 0.1) is 19.1 Å². The van der Waals surface area contributed by atoms with E-state index in [9.17, 15) is 22.8 Å². The smallest absolute Gasteiger partial charge is 0.338 e. The van der Waals surface area contributed by atoms with E-state index < -0.39 is 46.5 Å². The quantitative estimate of drug-likeness (QED) is 0.480. The summed E-state index contributed by atoms with van der Waals surface area (Å²) in [5.74, 6) is -5.37. The first kappa shape index (κ1) is 15.3. The minimum Gasteiger partial charge on any atom is -0.481 e. The number of carboxylic acids is 3. The zero-order chi connectivity index (χ0) is 13.9. The maximum Gasteiger partial charge on any atom is 0.338 e. The Morgan fingerprint density at radius 2 is 1.41 bits per heavy atom. The number of rotatable bonds is 7. The molecule has 0 heterocycles. The number of aliphatic carboxylic acids is 3. The second kappa shape index (κ2) is 5.10. The third-order valence-corrected chi connectivity index (χ3v) is 2.20. The lowest BCUT2D eigenvalue weighted by molar-refractivity contribution is -0.166. The summed E-state index contributed by atoms with van der Waals surface area (Å²) in [6, 6.07) is 0. The maximum absolute atomic E-state index is 10.9. The lowest BCUT2D eigenvalue weighted by atomic mass is 9.96. The maximum atomic E-state index is 10.9. The zero-order valence-corrected chi connectivity index (χ0v) is 9.43. The zero-order valence-electron chi connectivity index (χ0n) is 8.61. The third-order valence-electron chi connectivity index (χ3n) is 1.57. The van der Waals surface area contributed by atoms with E-state index in [1.807, 2.05) is 0 Å². The van der Waals surface area contributed by atoms with Gasteiger partial charge in [-0.1, -0.05) is 0 Å². The van der Waals surface area contributed by atoms with E-state index in [1.54, 1.807) is 0 Å². The molecule has 9 nitrogen and oxygen atoms in total. The number of carboxylic acid groups (broad SMARTS) is 3. The summed E-state index contributed by atoms with van der Waals surface area (Å²) >= 11 is 0. The molecule has 0 aromatic rings. The van der Waals surface area contributed by atoms with Gasteiger partial charge < -0.3 is 15.3 Å². The molecule has 17 heavy (non-hydrogen) atoms. The summed E-state index contributed by atoms with van der Waals surface area (Å²) < 4.78 is 25.8. The number of hydrogen-bond acceptors (Lipinski definition) is 6. The van der Waals surface area contributed by atoms with Crippen molar-refractivity contribution >= 4 is 28.0 Å². The average molecular weight is 270 g/mol. The van der Waals surface area contributed by atoms with Crippen molar-refractivity contribution in [2.24, 2.45) is 0 Å². The van der Waals surface area contributed by atoms with E-state index in [0.29, 0.717) is 6.26 Å². The van der Waals surface area contributed by atoms with Crippen LogP contribution in [0.5, 0.6) is 0 Å². The second-order valence-electron chi connectivity index (χ2n) is 3.23. The number of hydrogen-bond donors (Lipinski definition) is 3. The fraction of sp³-hybridized carbons (Fsp3) is 0.571. The molecule has 0 aliphatic heterocycles. The van der Waals surface area contributed by atoms with Crippen LogP contribution >= 0.6 is 0 Å². The molecular formula is C7H10O9S. The van der Waals surface area contributed by atoms with E-state index in [2.05, 4.69) is 4.18 Å². The summed E-state index contributed by atoms with van der Waals surface area (Å²) in [7, 11) is -4.33.